The topological polar surface area (TPSA) is 17.8 Å². The molecule has 2 aromatic rings. The van der Waals surface area contributed by atoms with E-state index in [-0.39, 0.29) is 10.9 Å². The average Bonchev–Trinajstić information content (AvgIpc) is 2.46. The Morgan fingerprint density at radius 1 is 1.31 bits per heavy atom. The summed E-state index contributed by atoms with van der Waals surface area (Å²) in [7, 11) is 0. The first-order valence-corrected chi connectivity index (χ1v) is 4.55. The van der Waals surface area contributed by atoms with E-state index in [1.54, 1.807) is 6.92 Å². The number of alkyl halides is 3. The highest BCUT2D eigenvalue weighted by Gasteiger charge is 2.29. The zero-order valence-corrected chi connectivity index (χ0v) is 8.35. The number of benzene rings is 1. The minimum atomic E-state index is -4.36. The summed E-state index contributed by atoms with van der Waals surface area (Å²) >= 11 is 0. The molecule has 0 radical (unpaired) electrons. The number of aromatic nitrogens is 2. The smallest absolute Gasteiger partial charge is 0.256 e. The number of fused-ring (bicyclic) bond motifs is 1. The summed E-state index contributed by atoms with van der Waals surface area (Å²) in [6.07, 6.45) is -3.25. The Morgan fingerprint density at radius 2 is 2.00 bits per heavy atom. The van der Waals surface area contributed by atoms with E-state index in [0.29, 0.717) is 5.56 Å². The second kappa shape index (κ2) is 3.47. The molecule has 0 aliphatic carbocycles. The molecule has 0 aliphatic rings. The lowest BCUT2D eigenvalue weighted by Crippen LogP contribution is -2.18. The molecule has 0 saturated carbocycles. The van der Waals surface area contributed by atoms with Gasteiger partial charge in [0.05, 0.1) is 17.1 Å². The number of hydrogen-bond acceptors (Lipinski definition) is 1. The van der Waals surface area contributed by atoms with Gasteiger partial charge in [-0.05, 0) is 24.6 Å². The maximum atomic E-state index is 13.4. The van der Waals surface area contributed by atoms with Gasteiger partial charge >= 0.3 is 6.18 Å². The predicted molar refractivity (Wildman–Crippen MR) is 50.5 cm³/mol. The summed E-state index contributed by atoms with van der Waals surface area (Å²) in [5.41, 5.74) is 0.726. The molecule has 0 unspecified atom stereocenters. The van der Waals surface area contributed by atoms with Gasteiger partial charge in [0, 0.05) is 0 Å². The minimum absolute atomic E-state index is 0.106. The quantitative estimate of drug-likeness (QED) is 0.691. The zero-order chi connectivity index (χ0) is 11.9. The highest BCUT2D eigenvalue weighted by Crippen LogP contribution is 2.23. The molecule has 0 saturated heterocycles. The van der Waals surface area contributed by atoms with Gasteiger partial charge in [0.25, 0.3) is 0 Å². The molecule has 1 aromatic carbocycles. The van der Waals surface area contributed by atoms with Crippen LogP contribution >= 0.6 is 0 Å². The molecule has 0 amide bonds. The SMILES string of the molecule is Cc1cc(F)c2cnn(CC(F)(F)F)c2c1. The first-order chi connectivity index (χ1) is 7.37. The van der Waals surface area contributed by atoms with Crippen molar-refractivity contribution in [3.63, 3.8) is 0 Å². The molecule has 0 spiro atoms. The maximum Gasteiger partial charge on any atom is 0.408 e. The van der Waals surface area contributed by atoms with Crippen molar-refractivity contribution < 1.29 is 17.6 Å². The van der Waals surface area contributed by atoms with Crippen molar-refractivity contribution in [2.45, 2.75) is 19.6 Å². The third kappa shape index (κ3) is 2.00. The molecule has 1 aromatic heterocycles. The van der Waals surface area contributed by atoms with Crippen LogP contribution in [0.4, 0.5) is 17.6 Å². The predicted octanol–water partition coefficient (Wildman–Crippen LogP) is 3.05. The molecule has 6 heteroatoms. The molecular formula is C10H8F4N2. The minimum Gasteiger partial charge on any atom is -0.256 e. The van der Waals surface area contributed by atoms with Crippen LogP contribution in [0.25, 0.3) is 10.9 Å². The molecule has 2 nitrogen and oxygen atoms in total. The van der Waals surface area contributed by atoms with Gasteiger partial charge in [-0.3, -0.25) is 4.68 Å². The molecular weight excluding hydrogens is 224 g/mol. The van der Waals surface area contributed by atoms with E-state index in [0.717, 1.165) is 10.9 Å². The van der Waals surface area contributed by atoms with Crippen molar-refractivity contribution in [2.75, 3.05) is 0 Å². The summed E-state index contributed by atoms with van der Waals surface area (Å²) in [4.78, 5) is 0. The van der Waals surface area contributed by atoms with Crippen molar-refractivity contribution in [3.8, 4) is 0 Å². The van der Waals surface area contributed by atoms with E-state index < -0.39 is 18.5 Å². The van der Waals surface area contributed by atoms with Crippen LogP contribution in [0.5, 0.6) is 0 Å². The Labute approximate surface area is 88.5 Å². The lowest BCUT2D eigenvalue weighted by atomic mass is 10.2. The van der Waals surface area contributed by atoms with Gasteiger partial charge in [0.2, 0.25) is 0 Å². The lowest BCUT2D eigenvalue weighted by Gasteiger charge is -2.07. The average molecular weight is 232 g/mol. The first kappa shape index (κ1) is 10.9. The number of nitrogens with zero attached hydrogens (tertiary/aromatic N) is 2. The Hall–Kier alpha value is -1.59. The summed E-state index contributed by atoms with van der Waals surface area (Å²) in [6.45, 7) is 0.410. The maximum absolute atomic E-state index is 13.4. The van der Waals surface area contributed by atoms with Gasteiger partial charge in [-0.2, -0.15) is 18.3 Å². The lowest BCUT2D eigenvalue weighted by molar-refractivity contribution is -0.141. The van der Waals surface area contributed by atoms with Gasteiger partial charge < -0.3 is 0 Å². The monoisotopic (exact) mass is 232 g/mol. The van der Waals surface area contributed by atoms with Gasteiger partial charge in [0.15, 0.2) is 0 Å². The number of aryl methyl sites for hydroxylation is 1. The van der Waals surface area contributed by atoms with Crippen LogP contribution in [0.2, 0.25) is 0 Å². The van der Waals surface area contributed by atoms with Crippen LogP contribution in [0.3, 0.4) is 0 Å². The Morgan fingerprint density at radius 3 is 2.62 bits per heavy atom. The fourth-order valence-corrected chi connectivity index (χ4v) is 1.56. The van der Waals surface area contributed by atoms with E-state index in [2.05, 4.69) is 5.10 Å². The van der Waals surface area contributed by atoms with Crippen LogP contribution in [0, 0.1) is 12.7 Å². The fraction of sp³-hybridized carbons (Fsp3) is 0.300. The fourth-order valence-electron chi connectivity index (χ4n) is 1.56. The Balaban J connectivity index is 2.56. The second-order valence-corrected chi connectivity index (χ2v) is 3.60. The summed E-state index contributed by atoms with van der Waals surface area (Å²) < 4.78 is 50.7. The van der Waals surface area contributed by atoms with Crippen molar-refractivity contribution in [3.05, 3.63) is 29.7 Å². The van der Waals surface area contributed by atoms with E-state index in [1.165, 1.54) is 12.1 Å². The zero-order valence-electron chi connectivity index (χ0n) is 8.35. The van der Waals surface area contributed by atoms with Crippen LogP contribution in [0.1, 0.15) is 5.56 Å². The largest absolute Gasteiger partial charge is 0.408 e. The molecule has 0 atom stereocenters. The highest BCUT2D eigenvalue weighted by molar-refractivity contribution is 5.80. The molecule has 1 heterocycles. The summed E-state index contributed by atoms with van der Waals surface area (Å²) in [5, 5.41) is 3.65. The number of rotatable bonds is 1. The van der Waals surface area contributed by atoms with E-state index in [4.69, 9.17) is 0 Å². The third-order valence-corrected chi connectivity index (χ3v) is 2.19. The number of hydrogen-bond donors (Lipinski definition) is 0. The van der Waals surface area contributed by atoms with Gasteiger partial charge in [-0.25, -0.2) is 4.39 Å². The van der Waals surface area contributed by atoms with Crippen LogP contribution < -0.4 is 0 Å². The molecule has 2 rings (SSSR count). The molecule has 86 valence electrons. The van der Waals surface area contributed by atoms with Crippen molar-refractivity contribution in [1.29, 1.82) is 0 Å². The standard InChI is InChI=1S/C10H8F4N2/c1-6-2-8(11)7-4-15-16(9(7)3-6)5-10(12,13)14/h2-4H,5H2,1H3. The van der Waals surface area contributed by atoms with Crippen molar-refractivity contribution in [1.82, 2.24) is 9.78 Å². The van der Waals surface area contributed by atoms with Gasteiger partial charge in [-0.1, -0.05) is 0 Å². The molecule has 0 N–H and O–H groups in total. The number of halogens is 4. The molecule has 0 fully saturated rings. The van der Waals surface area contributed by atoms with E-state index in [9.17, 15) is 17.6 Å². The molecule has 0 bridgehead atoms. The van der Waals surface area contributed by atoms with Crippen LogP contribution in [0.15, 0.2) is 18.3 Å². The normalized spacial score (nSPS) is 12.3. The molecule has 16 heavy (non-hydrogen) atoms. The van der Waals surface area contributed by atoms with Crippen molar-refractivity contribution in [2.24, 2.45) is 0 Å². The summed E-state index contributed by atoms with van der Waals surface area (Å²) in [5.74, 6) is -0.552. The third-order valence-electron chi connectivity index (χ3n) is 2.19. The van der Waals surface area contributed by atoms with Gasteiger partial charge in [0.1, 0.15) is 12.4 Å². The van der Waals surface area contributed by atoms with Crippen molar-refractivity contribution >= 4 is 10.9 Å². The van der Waals surface area contributed by atoms with Crippen LogP contribution in [-0.4, -0.2) is 16.0 Å². The molecule has 0 aliphatic heterocycles. The first-order valence-electron chi connectivity index (χ1n) is 4.55. The van der Waals surface area contributed by atoms with Gasteiger partial charge in [-0.15, -0.1) is 0 Å². The van der Waals surface area contributed by atoms with E-state index >= 15 is 0 Å². The second-order valence-electron chi connectivity index (χ2n) is 3.60. The Bertz CT molecular complexity index is 527. The summed E-state index contributed by atoms with van der Waals surface area (Å²) in [6, 6.07) is 2.75. The van der Waals surface area contributed by atoms with E-state index in [1.807, 2.05) is 0 Å². The Kier molecular flexibility index (Phi) is 2.36. The van der Waals surface area contributed by atoms with Crippen LogP contribution in [-0.2, 0) is 6.54 Å². The highest BCUT2D eigenvalue weighted by atomic mass is 19.4.